The maximum atomic E-state index is 11.5. The van der Waals surface area contributed by atoms with Crippen molar-refractivity contribution in [3.8, 4) is 0 Å². The van der Waals surface area contributed by atoms with Gasteiger partial charge in [0, 0.05) is 19.0 Å². The molecule has 1 aliphatic carbocycles. The van der Waals surface area contributed by atoms with Crippen LogP contribution in [0.4, 0.5) is 0 Å². The number of hydrogen-bond donors (Lipinski definition) is 2. The molecule has 0 aromatic carbocycles. The summed E-state index contributed by atoms with van der Waals surface area (Å²) in [6.45, 7) is 0.776. The van der Waals surface area contributed by atoms with Gasteiger partial charge < -0.3 is 10.6 Å². The second-order valence-electron chi connectivity index (χ2n) is 4.46. The van der Waals surface area contributed by atoms with Crippen LogP contribution in [0.15, 0.2) is 0 Å². The first kappa shape index (κ1) is 12.5. The molecule has 88 valence electrons. The number of amides is 1. The average molecular weight is 212 g/mol. The Labute approximate surface area is 93.0 Å². The van der Waals surface area contributed by atoms with Gasteiger partial charge in [-0.05, 0) is 19.9 Å². The van der Waals surface area contributed by atoms with Crippen molar-refractivity contribution in [1.82, 2.24) is 10.6 Å². The molecule has 0 radical (unpaired) electrons. The van der Waals surface area contributed by atoms with Gasteiger partial charge in [0.05, 0.1) is 0 Å². The number of rotatable bonds is 4. The summed E-state index contributed by atoms with van der Waals surface area (Å²) in [5, 5.41) is 6.14. The zero-order chi connectivity index (χ0) is 10.9. The Balaban J connectivity index is 2.19. The summed E-state index contributed by atoms with van der Waals surface area (Å²) in [7, 11) is 1.88. The van der Waals surface area contributed by atoms with Crippen LogP contribution in [0.3, 0.4) is 0 Å². The highest BCUT2D eigenvalue weighted by molar-refractivity contribution is 5.76. The first-order chi connectivity index (χ1) is 7.33. The molecule has 1 fully saturated rings. The van der Waals surface area contributed by atoms with E-state index in [4.69, 9.17) is 0 Å². The number of nitrogens with one attached hydrogen (secondary N) is 2. The molecule has 0 aromatic heterocycles. The van der Waals surface area contributed by atoms with E-state index in [-0.39, 0.29) is 5.91 Å². The van der Waals surface area contributed by atoms with Crippen LogP contribution < -0.4 is 10.6 Å². The molecule has 1 saturated carbocycles. The highest BCUT2D eigenvalue weighted by Gasteiger charge is 2.13. The summed E-state index contributed by atoms with van der Waals surface area (Å²) in [5.41, 5.74) is 0. The lowest BCUT2D eigenvalue weighted by Gasteiger charge is -2.20. The molecular weight excluding hydrogens is 188 g/mol. The third kappa shape index (κ3) is 5.78. The van der Waals surface area contributed by atoms with Gasteiger partial charge in [0.25, 0.3) is 0 Å². The molecule has 0 saturated heterocycles. The largest absolute Gasteiger partial charge is 0.353 e. The third-order valence-electron chi connectivity index (χ3n) is 3.07. The fourth-order valence-electron chi connectivity index (χ4n) is 2.14. The van der Waals surface area contributed by atoms with Crippen LogP contribution in [-0.2, 0) is 4.79 Å². The number of carbonyl (C=O) groups is 1. The smallest absolute Gasteiger partial charge is 0.221 e. The highest BCUT2D eigenvalue weighted by Crippen LogP contribution is 2.16. The lowest BCUT2D eigenvalue weighted by Crippen LogP contribution is -2.36. The minimum absolute atomic E-state index is 0.204. The number of carbonyl (C=O) groups excluding carboxylic acids is 1. The molecule has 0 heterocycles. The Kier molecular flexibility index (Phi) is 6.41. The minimum Gasteiger partial charge on any atom is -0.353 e. The fourth-order valence-corrected chi connectivity index (χ4v) is 2.14. The summed E-state index contributed by atoms with van der Waals surface area (Å²) >= 11 is 0. The molecule has 3 nitrogen and oxygen atoms in total. The monoisotopic (exact) mass is 212 g/mol. The number of hydrogen-bond acceptors (Lipinski definition) is 2. The van der Waals surface area contributed by atoms with E-state index in [1.807, 2.05) is 7.05 Å². The highest BCUT2D eigenvalue weighted by atomic mass is 16.1. The third-order valence-corrected chi connectivity index (χ3v) is 3.07. The summed E-state index contributed by atoms with van der Waals surface area (Å²) < 4.78 is 0. The van der Waals surface area contributed by atoms with Crippen molar-refractivity contribution in [3.63, 3.8) is 0 Å². The van der Waals surface area contributed by atoms with Crippen LogP contribution in [0, 0.1) is 0 Å². The van der Waals surface area contributed by atoms with Gasteiger partial charge in [0.2, 0.25) is 5.91 Å². The molecule has 0 aliphatic heterocycles. The molecular formula is C12H24N2O. The minimum atomic E-state index is 0.204. The first-order valence-electron chi connectivity index (χ1n) is 6.27. The van der Waals surface area contributed by atoms with Crippen molar-refractivity contribution in [2.45, 2.75) is 57.4 Å². The lowest BCUT2D eigenvalue weighted by atomic mass is 9.96. The van der Waals surface area contributed by atoms with E-state index in [2.05, 4.69) is 10.6 Å². The van der Waals surface area contributed by atoms with E-state index in [1.165, 1.54) is 44.9 Å². The van der Waals surface area contributed by atoms with Gasteiger partial charge in [0.1, 0.15) is 0 Å². The van der Waals surface area contributed by atoms with Gasteiger partial charge in [-0.3, -0.25) is 4.79 Å². The Morgan fingerprint density at radius 3 is 2.33 bits per heavy atom. The van der Waals surface area contributed by atoms with Crippen molar-refractivity contribution >= 4 is 5.91 Å². The first-order valence-corrected chi connectivity index (χ1v) is 6.27. The summed E-state index contributed by atoms with van der Waals surface area (Å²) in [6.07, 6.45) is 9.55. The van der Waals surface area contributed by atoms with Gasteiger partial charge in [-0.1, -0.05) is 32.1 Å². The SMILES string of the molecule is CNCCC(=O)NC1CCCCCCC1. The van der Waals surface area contributed by atoms with Crippen LogP contribution in [0.5, 0.6) is 0 Å². The molecule has 1 aliphatic rings. The van der Waals surface area contributed by atoms with E-state index < -0.39 is 0 Å². The van der Waals surface area contributed by atoms with Crippen LogP contribution in [0.2, 0.25) is 0 Å². The van der Waals surface area contributed by atoms with E-state index in [0.29, 0.717) is 12.5 Å². The molecule has 0 atom stereocenters. The Hall–Kier alpha value is -0.570. The quantitative estimate of drug-likeness (QED) is 0.746. The van der Waals surface area contributed by atoms with Crippen molar-refractivity contribution in [1.29, 1.82) is 0 Å². The molecule has 15 heavy (non-hydrogen) atoms. The van der Waals surface area contributed by atoms with Crippen molar-refractivity contribution in [3.05, 3.63) is 0 Å². The van der Waals surface area contributed by atoms with E-state index in [1.54, 1.807) is 0 Å². The van der Waals surface area contributed by atoms with Gasteiger partial charge >= 0.3 is 0 Å². The normalized spacial score (nSPS) is 19.3. The molecule has 0 bridgehead atoms. The Morgan fingerprint density at radius 2 is 1.73 bits per heavy atom. The van der Waals surface area contributed by atoms with E-state index in [9.17, 15) is 4.79 Å². The van der Waals surface area contributed by atoms with E-state index in [0.717, 1.165) is 6.54 Å². The predicted molar refractivity (Wildman–Crippen MR) is 62.8 cm³/mol. The molecule has 0 spiro atoms. The van der Waals surface area contributed by atoms with Gasteiger partial charge in [-0.2, -0.15) is 0 Å². The zero-order valence-corrected chi connectivity index (χ0v) is 9.85. The average Bonchev–Trinajstić information content (AvgIpc) is 2.19. The van der Waals surface area contributed by atoms with Crippen molar-refractivity contribution in [2.75, 3.05) is 13.6 Å². The van der Waals surface area contributed by atoms with Gasteiger partial charge in [0.15, 0.2) is 0 Å². The molecule has 0 aromatic rings. The van der Waals surface area contributed by atoms with Crippen molar-refractivity contribution in [2.24, 2.45) is 0 Å². The van der Waals surface area contributed by atoms with E-state index >= 15 is 0 Å². The standard InChI is InChI=1S/C12H24N2O/c1-13-10-9-12(15)14-11-7-5-3-2-4-6-8-11/h11,13H,2-10H2,1H3,(H,14,15). The van der Waals surface area contributed by atoms with Crippen LogP contribution >= 0.6 is 0 Å². The molecule has 0 unspecified atom stereocenters. The fraction of sp³-hybridized carbons (Fsp3) is 0.917. The van der Waals surface area contributed by atoms with Crippen LogP contribution in [0.1, 0.15) is 51.4 Å². The second-order valence-corrected chi connectivity index (χ2v) is 4.46. The van der Waals surface area contributed by atoms with Crippen molar-refractivity contribution < 1.29 is 4.79 Å². The molecule has 3 heteroatoms. The Morgan fingerprint density at radius 1 is 1.13 bits per heavy atom. The lowest BCUT2D eigenvalue weighted by molar-refractivity contribution is -0.121. The topological polar surface area (TPSA) is 41.1 Å². The van der Waals surface area contributed by atoms with Crippen LogP contribution in [-0.4, -0.2) is 25.5 Å². The predicted octanol–water partition coefficient (Wildman–Crippen LogP) is 1.82. The molecule has 2 N–H and O–H groups in total. The Bertz CT molecular complexity index is 174. The molecule has 1 rings (SSSR count). The van der Waals surface area contributed by atoms with Crippen LogP contribution in [0.25, 0.3) is 0 Å². The summed E-state index contributed by atoms with van der Waals surface area (Å²) in [5.74, 6) is 0.204. The summed E-state index contributed by atoms with van der Waals surface area (Å²) in [6, 6.07) is 0.439. The second kappa shape index (κ2) is 7.69. The maximum Gasteiger partial charge on any atom is 0.221 e. The summed E-state index contributed by atoms with van der Waals surface area (Å²) in [4.78, 5) is 11.5. The molecule has 1 amide bonds. The maximum absolute atomic E-state index is 11.5. The van der Waals surface area contributed by atoms with Gasteiger partial charge in [-0.25, -0.2) is 0 Å². The van der Waals surface area contributed by atoms with Gasteiger partial charge in [-0.15, -0.1) is 0 Å². The zero-order valence-electron chi connectivity index (χ0n) is 9.85.